The molecule has 1 aliphatic heterocycles. The van der Waals surface area contributed by atoms with E-state index >= 15 is 0 Å². The van der Waals surface area contributed by atoms with Crippen LogP contribution in [0.5, 0.6) is 0 Å². The van der Waals surface area contributed by atoms with Gasteiger partial charge in [0.25, 0.3) is 0 Å². The van der Waals surface area contributed by atoms with Gasteiger partial charge in [0.2, 0.25) is 0 Å². The van der Waals surface area contributed by atoms with Crippen molar-refractivity contribution >= 4 is 0 Å². The van der Waals surface area contributed by atoms with Gasteiger partial charge in [0.05, 0.1) is 0 Å². The number of aliphatic hydroxyl groups excluding tert-OH is 5. The number of aliphatic hydroxyl groups is 5. The first-order chi connectivity index (χ1) is 5.57. The van der Waals surface area contributed by atoms with Crippen molar-refractivity contribution in [1.29, 1.82) is 0 Å². The van der Waals surface area contributed by atoms with Gasteiger partial charge in [-0.25, -0.2) is 0 Å². The fraction of sp³-hybridized carbons (Fsp3) is 0.833. The Morgan fingerprint density at radius 2 is 1.50 bits per heavy atom. The first-order valence-electron chi connectivity index (χ1n) is 3.43. The molecule has 0 aliphatic carbocycles. The Bertz CT molecular complexity index is 146. The highest BCUT2D eigenvalue weighted by molar-refractivity contribution is 4.91. The number of hydrogen-bond donors (Lipinski definition) is 5. The molecule has 6 nitrogen and oxygen atoms in total. The second-order valence-electron chi connectivity index (χ2n) is 2.61. The Balaban J connectivity index is 2.63. The van der Waals surface area contributed by atoms with Gasteiger partial charge in [0.1, 0.15) is 31.0 Å². The van der Waals surface area contributed by atoms with Crippen molar-refractivity contribution < 1.29 is 30.3 Å². The average Bonchev–Trinajstić information content (AvgIpc) is 2.08. The normalized spacial score (nSPS) is 49.2. The summed E-state index contributed by atoms with van der Waals surface area (Å²) in [5.74, 6) is 0. The van der Waals surface area contributed by atoms with Crippen molar-refractivity contribution in [3.63, 3.8) is 0 Å². The molecule has 1 rings (SSSR count). The minimum atomic E-state index is -1.60. The lowest BCUT2D eigenvalue weighted by molar-refractivity contribution is -0.279. The fourth-order valence-corrected chi connectivity index (χ4v) is 1.01. The SMILES string of the molecule is O[CH][C@H]1O[C@@H](O)[C@H](O)[C@@H](O)[C@@H]1O. The summed E-state index contributed by atoms with van der Waals surface area (Å²) in [5.41, 5.74) is 0. The van der Waals surface area contributed by atoms with Crippen molar-refractivity contribution in [2.75, 3.05) is 0 Å². The van der Waals surface area contributed by atoms with E-state index in [-0.39, 0.29) is 0 Å². The number of ether oxygens (including phenoxy) is 1. The molecule has 6 heteroatoms. The first kappa shape index (κ1) is 9.85. The van der Waals surface area contributed by atoms with Crippen LogP contribution in [0, 0.1) is 6.61 Å². The standard InChI is InChI=1S/C6H11O6/c7-1-2-3(8)4(9)5(10)6(11)12-2/h1-11H/t2-,3-,4+,5-,6-/m1/s1. The molecule has 1 radical (unpaired) electrons. The van der Waals surface area contributed by atoms with Crippen LogP contribution < -0.4 is 0 Å². The van der Waals surface area contributed by atoms with E-state index in [4.69, 9.17) is 25.5 Å². The molecule has 0 aromatic heterocycles. The molecule has 12 heavy (non-hydrogen) atoms. The number of hydrogen-bond acceptors (Lipinski definition) is 6. The van der Waals surface area contributed by atoms with Gasteiger partial charge in [-0.1, -0.05) is 0 Å². The van der Waals surface area contributed by atoms with Crippen LogP contribution in [-0.4, -0.2) is 56.2 Å². The van der Waals surface area contributed by atoms with Gasteiger partial charge in [-0.05, 0) is 0 Å². The second kappa shape index (κ2) is 3.65. The van der Waals surface area contributed by atoms with E-state index in [2.05, 4.69) is 4.74 Å². The molecule has 1 heterocycles. The lowest BCUT2D eigenvalue weighted by Gasteiger charge is -2.37. The first-order valence-corrected chi connectivity index (χ1v) is 3.43. The summed E-state index contributed by atoms with van der Waals surface area (Å²) in [4.78, 5) is 0. The van der Waals surface area contributed by atoms with Crippen LogP contribution in [0.3, 0.4) is 0 Å². The van der Waals surface area contributed by atoms with E-state index in [1.54, 1.807) is 0 Å². The summed E-state index contributed by atoms with van der Waals surface area (Å²) in [6, 6.07) is 0. The third kappa shape index (κ3) is 1.58. The maximum absolute atomic E-state index is 9.09. The Hall–Kier alpha value is -0.240. The van der Waals surface area contributed by atoms with Gasteiger partial charge in [-0.3, -0.25) is 0 Å². The van der Waals surface area contributed by atoms with Crippen LogP contribution >= 0.6 is 0 Å². The summed E-state index contributed by atoms with van der Waals surface area (Å²) >= 11 is 0. The molecule has 5 N–H and O–H groups in total. The molecule has 1 saturated heterocycles. The van der Waals surface area contributed by atoms with Crippen LogP contribution in [0.1, 0.15) is 0 Å². The molecule has 1 aliphatic rings. The Kier molecular flexibility index (Phi) is 2.99. The summed E-state index contributed by atoms with van der Waals surface area (Å²) in [6.45, 7) is 0.503. The van der Waals surface area contributed by atoms with Crippen molar-refractivity contribution in [3.8, 4) is 0 Å². The molecule has 0 spiro atoms. The van der Waals surface area contributed by atoms with Crippen molar-refractivity contribution in [3.05, 3.63) is 6.61 Å². The largest absolute Gasteiger partial charge is 0.387 e. The molecule has 0 aromatic rings. The van der Waals surface area contributed by atoms with Gasteiger partial charge in [-0.15, -0.1) is 0 Å². The van der Waals surface area contributed by atoms with Crippen LogP contribution in [0.4, 0.5) is 0 Å². The van der Waals surface area contributed by atoms with E-state index in [0.717, 1.165) is 0 Å². The topological polar surface area (TPSA) is 110 Å². The van der Waals surface area contributed by atoms with Gasteiger partial charge in [0.15, 0.2) is 6.29 Å². The minimum Gasteiger partial charge on any atom is -0.387 e. The quantitative estimate of drug-likeness (QED) is 0.300. The zero-order valence-electron chi connectivity index (χ0n) is 6.11. The molecule has 0 bridgehead atoms. The van der Waals surface area contributed by atoms with E-state index in [0.29, 0.717) is 6.61 Å². The molecule has 0 aromatic carbocycles. The van der Waals surface area contributed by atoms with Gasteiger partial charge < -0.3 is 30.3 Å². The zero-order chi connectivity index (χ0) is 9.30. The minimum absolute atomic E-state index is 0.503. The van der Waals surface area contributed by atoms with Crippen LogP contribution in [-0.2, 0) is 4.74 Å². The second-order valence-corrected chi connectivity index (χ2v) is 2.61. The maximum Gasteiger partial charge on any atom is 0.184 e. The highest BCUT2D eigenvalue weighted by Crippen LogP contribution is 2.20. The van der Waals surface area contributed by atoms with E-state index in [1.165, 1.54) is 0 Å². The predicted octanol–water partition coefficient (Wildman–Crippen LogP) is -2.68. The van der Waals surface area contributed by atoms with E-state index < -0.39 is 30.7 Å². The Morgan fingerprint density at radius 3 is 2.00 bits per heavy atom. The van der Waals surface area contributed by atoms with Crippen LogP contribution in [0.2, 0.25) is 0 Å². The summed E-state index contributed by atoms with van der Waals surface area (Å²) in [6.07, 6.45) is -7.30. The third-order valence-corrected chi connectivity index (χ3v) is 1.77. The summed E-state index contributed by atoms with van der Waals surface area (Å²) in [5, 5.41) is 44.4. The van der Waals surface area contributed by atoms with Crippen molar-refractivity contribution in [1.82, 2.24) is 0 Å². The summed E-state index contributed by atoms with van der Waals surface area (Å²) in [7, 11) is 0. The molecule has 5 atom stereocenters. The molecule has 0 saturated carbocycles. The van der Waals surface area contributed by atoms with E-state index in [1.807, 2.05) is 0 Å². The number of rotatable bonds is 1. The average molecular weight is 179 g/mol. The molecular weight excluding hydrogens is 168 g/mol. The highest BCUT2D eigenvalue weighted by Gasteiger charge is 2.42. The van der Waals surface area contributed by atoms with E-state index in [9.17, 15) is 0 Å². The lowest BCUT2D eigenvalue weighted by Crippen LogP contribution is -2.57. The lowest BCUT2D eigenvalue weighted by atomic mass is 10.00. The molecule has 1 fully saturated rings. The highest BCUT2D eigenvalue weighted by atomic mass is 16.6. The van der Waals surface area contributed by atoms with Crippen LogP contribution in [0.25, 0.3) is 0 Å². The van der Waals surface area contributed by atoms with Crippen molar-refractivity contribution in [2.24, 2.45) is 0 Å². The molecule has 0 amide bonds. The molecule has 71 valence electrons. The fourth-order valence-electron chi connectivity index (χ4n) is 1.01. The van der Waals surface area contributed by atoms with Gasteiger partial charge >= 0.3 is 0 Å². The zero-order valence-corrected chi connectivity index (χ0v) is 6.11. The molecular formula is C6H11O6. The van der Waals surface area contributed by atoms with Crippen molar-refractivity contribution in [2.45, 2.75) is 30.7 Å². The monoisotopic (exact) mass is 179 g/mol. The van der Waals surface area contributed by atoms with Gasteiger partial charge in [-0.2, -0.15) is 0 Å². The maximum atomic E-state index is 9.09. The Labute approximate surface area is 68.6 Å². The van der Waals surface area contributed by atoms with Gasteiger partial charge in [0, 0.05) is 0 Å². The van der Waals surface area contributed by atoms with Crippen LogP contribution in [0.15, 0.2) is 0 Å². The predicted molar refractivity (Wildman–Crippen MR) is 35.1 cm³/mol. The molecule has 0 unspecified atom stereocenters. The summed E-state index contributed by atoms with van der Waals surface area (Å²) < 4.78 is 4.52. The smallest absolute Gasteiger partial charge is 0.184 e. The third-order valence-electron chi connectivity index (χ3n) is 1.77. The Morgan fingerprint density at radius 1 is 0.917 bits per heavy atom.